The van der Waals surface area contributed by atoms with Crippen molar-refractivity contribution < 1.29 is 23.9 Å². The summed E-state index contributed by atoms with van der Waals surface area (Å²) in [7, 11) is 1.58. The van der Waals surface area contributed by atoms with Crippen LogP contribution < -0.4 is 15.4 Å². The van der Waals surface area contributed by atoms with Gasteiger partial charge < -0.3 is 25.0 Å². The van der Waals surface area contributed by atoms with E-state index in [2.05, 4.69) is 30.2 Å². The molecule has 2 rings (SSSR count). The van der Waals surface area contributed by atoms with E-state index in [9.17, 15) is 14.4 Å². The molecular formula is C31H45N3O5S. The SMILES string of the molecule is CCCCCCN(C(=O)C(CS)NC(=O)OC(C)(C)C)C(C(=O)Nc1ccc(OC)cc1)c1cccc(C)c1C. The molecule has 0 heterocycles. The van der Waals surface area contributed by atoms with Crippen LogP contribution in [0.2, 0.25) is 0 Å². The minimum Gasteiger partial charge on any atom is -0.497 e. The number of amides is 3. The molecule has 0 fully saturated rings. The lowest BCUT2D eigenvalue weighted by atomic mass is 9.94. The number of benzene rings is 2. The van der Waals surface area contributed by atoms with Crippen molar-refractivity contribution in [1.82, 2.24) is 10.2 Å². The first-order valence-electron chi connectivity index (χ1n) is 13.8. The minimum atomic E-state index is -0.981. The van der Waals surface area contributed by atoms with Crippen LogP contribution in [0.1, 0.15) is 76.1 Å². The number of aryl methyl sites for hydroxylation is 1. The van der Waals surface area contributed by atoms with E-state index >= 15 is 0 Å². The highest BCUT2D eigenvalue weighted by Crippen LogP contribution is 2.29. The van der Waals surface area contributed by atoms with Crippen molar-refractivity contribution in [2.45, 2.75) is 84.9 Å². The van der Waals surface area contributed by atoms with Crippen molar-refractivity contribution in [1.29, 1.82) is 0 Å². The topological polar surface area (TPSA) is 97.0 Å². The van der Waals surface area contributed by atoms with E-state index < -0.39 is 29.7 Å². The summed E-state index contributed by atoms with van der Waals surface area (Å²) in [4.78, 5) is 42.3. The van der Waals surface area contributed by atoms with E-state index in [1.807, 2.05) is 32.0 Å². The Labute approximate surface area is 244 Å². The van der Waals surface area contributed by atoms with Crippen LogP contribution in [0.25, 0.3) is 0 Å². The van der Waals surface area contributed by atoms with Gasteiger partial charge in [0.25, 0.3) is 5.91 Å². The van der Waals surface area contributed by atoms with Crippen molar-refractivity contribution in [3.8, 4) is 5.75 Å². The number of nitrogens with zero attached hydrogens (tertiary/aromatic N) is 1. The van der Waals surface area contributed by atoms with Gasteiger partial charge in [0.1, 0.15) is 23.4 Å². The molecule has 2 unspecified atom stereocenters. The van der Waals surface area contributed by atoms with Gasteiger partial charge in [-0.05, 0) is 82.0 Å². The van der Waals surface area contributed by atoms with Crippen molar-refractivity contribution in [3.63, 3.8) is 0 Å². The zero-order valence-corrected chi connectivity index (χ0v) is 25.8. The number of thiol groups is 1. The molecule has 2 aromatic rings. The number of methoxy groups -OCH3 is 1. The Morgan fingerprint density at radius 1 is 1.00 bits per heavy atom. The van der Waals surface area contributed by atoms with Crippen LogP contribution in [0.15, 0.2) is 42.5 Å². The molecule has 3 amide bonds. The molecule has 0 saturated heterocycles. The van der Waals surface area contributed by atoms with Gasteiger partial charge in [0.15, 0.2) is 0 Å². The number of unbranched alkanes of at least 4 members (excludes halogenated alkanes) is 3. The molecule has 2 aromatic carbocycles. The van der Waals surface area contributed by atoms with Gasteiger partial charge in [-0.2, -0.15) is 12.6 Å². The van der Waals surface area contributed by atoms with Gasteiger partial charge in [0.2, 0.25) is 5.91 Å². The van der Waals surface area contributed by atoms with E-state index in [-0.39, 0.29) is 11.7 Å². The maximum Gasteiger partial charge on any atom is 0.408 e. The summed E-state index contributed by atoms with van der Waals surface area (Å²) in [6.45, 7) is 11.6. The maximum absolute atomic E-state index is 14.1. The Kier molecular flexibility index (Phi) is 12.8. The summed E-state index contributed by atoms with van der Waals surface area (Å²) in [5, 5.41) is 5.65. The van der Waals surface area contributed by atoms with Gasteiger partial charge >= 0.3 is 6.09 Å². The zero-order chi connectivity index (χ0) is 29.9. The van der Waals surface area contributed by atoms with Crippen LogP contribution in [0.3, 0.4) is 0 Å². The molecule has 0 aliphatic carbocycles. The largest absolute Gasteiger partial charge is 0.497 e. The lowest BCUT2D eigenvalue weighted by molar-refractivity contribution is -0.140. The molecule has 2 atom stereocenters. The number of ether oxygens (including phenoxy) is 2. The van der Waals surface area contributed by atoms with E-state index in [0.29, 0.717) is 24.4 Å². The molecule has 0 bridgehead atoms. The molecule has 220 valence electrons. The molecule has 0 aliphatic rings. The van der Waals surface area contributed by atoms with Crippen LogP contribution in [0.5, 0.6) is 5.75 Å². The second-order valence-corrected chi connectivity index (χ2v) is 11.2. The fourth-order valence-electron chi connectivity index (χ4n) is 4.32. The number of rotatable bonds is 13. The third kappa shape index (κ3) is 9.77. The summed E-state index contributed by atoms with van der Waals surface area (Å²) in [6, 6.07) is 10.9. The highest BCUT2D eigenvalue weighted by molar-refractivity contribution is 7.80. The average Bonchev–Trinajstić information content (AvgIpc) is 2.90. The van der Waals surface area contributed by atoms with Gasteiger partial charge in [0, 0.05) is 18.0 Å². The van der Waals surface area contributed by atoms with Crippen molar-refractivity contribution in [2.24, 2.45) is 0 Å². The Morgan fingerprint density at radius 2 is 1.68 bits per heavy atom. The van der Waals surface area contributed by atoms with Crippen LogP contribution in [0.4, 0.5) is 10.5 Å². The molecule has 8 nitrogen and oxygen atoms in total. The van der Waals surface area contributed by atoms with Crippen molar-refractivity contribution in [3.05, 3.63) is 59.2 Å². The van der Waals surface area contributed by atoms with Crippen molar-refractivity contribution >= 4 is 36.2 Å². The number of carbonyl (C=O) groups excluding carboxylic acids is 3. The number of nitrogens with one attached hydrogen (secondary N) is 2. The molecule has 40 heavy (non-hydrogen) atoms. The highest BCUT2D eigenvalue weighted by Gasteiger charge is 2.36. The van der Waals surface area contributed by atoms with E-state index in [4.69, 9.17) is 9.47 Å². The summed E-state index contributed by atoms with van der Waals surface area (Å²) >= 11 is 4.37. The van der Waals surface area contributed by atoms with Gasteiger partial charge in [-0.3, -0.25) is 9.59 Å². The van der Waals surface area contributed by atoms with Crippen LogP contribution in [-0.4, -0.2) is 53.9 Å². The van der Waals surface area contributed by atoms with Gasteiger partial charge in [-0.25, -0.2) is 4.79 Å². The average molecular weight is 572 g/mol. The van der Waals surface area contributed by atoms with Gasteiger partial charge in [0.05, 0.1) is 7.11 Å². The van der Waals surface area contributed by atoms with E-state index in [1.165, 1.54) is 0 Å². The minimum absolute atomic E-state index is 0.0448. The summed E-state index contributed by atoms with van der Waals surface area (Å²) in [5.41, 5.74) is 2.51. The first-order valence-corrected chi connectivity index (χ1v) is 14.5. The van der Waals surface area contributed by atoms with E-state index in [0.717, 1.165) is 36.0 Å². The normalized spacial score (nSPS) is 12.7. The molecule has 2 N–H and O–H groups in total. The van der Waals surface area contributed by atoms with Crippen LogP contribution >= 0.6 is 12.6 Å². The van der Waals surface area contributed by atoms with E-state index in [1.54, 1.807) is 57.0 Å². The molecule has 0 spiro atoms. The number of anilines is 1. The van der Waals surface area contributed by atoms with Crippen molar-refractivity contribution in [2.75, 3.05) is 24.7 Å². The second kappa shape index (κ2) is 15.6. The quantitative estimate of drug-likeness (QED) is 0.196. The fraction of sp³-hybridized carbons (Fsp3) is 0.516. The number of alkyl carbamates (subject to hydrolysis) is 1. The molecular weight excluding hydrogens is 526 g/mol. The summed E-state index contributed by atoms with van der Waals surface area (Å²) in [5.74, 6) is -0.0314. The molecule has 0 aliphatic heterocycles. The Morgan fingerprint density at radius 3 is 2.25 bits per heavy atom. The predicted molar refractivity (Wildman–Crippen MR) is 163 cm³/mol. The number of hydrogen-bond donors (Lipinski definition) is 3. The summed E-state index contributed by atoms with van der Waals surface area (Å²) in [6.07, 6.45) is 2.95. The second-order valence-electron chi connectivity index (χ2n) is 10.9. The predicted octanol–water partition coefficient (Wildman–Crippen LogP) is 6.22. The van der Waals surface area contributed by atoms with Gasteiger partial charge in [-0.1, -0.05) is 44.4 Å². The number of carbonyl (C=O) groups is 3. The monoisotopic (exact) mass is 571 g/mol. The first kappa shape index (κ1) is 33.0. The molecule has 0 aromatic heterocycles. The van der Waals surface area contributed by atoms with Crippen LogP contribution in [-0.2, 0) is 14.3 Å². The highest BCUT2D eigenvalue weighted by atomic mass is 32.1. The third-order valence-electron chi connectivity index (χ3n) is 6.57. The Bertz CT molecular complexity index is 1130. The zero-order valence-electron chi connectivity index (χ0n) is 24.9. The van der Waals surface area contributed by atoms with Crippen LogP contribution in [0, 0.1) is 13.8 Å². The summed E-state index contributed by atoms with van der Waals surface area (Å²) < 4.78 is 10.6. The smallest absolute Gasteiger partial charge is 0.408 e. The Hall–Kier alpha value is -3.20. The lowest BCUT2D eigenvalue weighted by Gasteiger charge is -2.35. The third-order valence-corrected chi connectivity index (χ3v) is 6.93. The Balaban J connectivity index is 2.52. The fourth-order valence-corrected chi connectivity index (χ4v) is 4.56. The first-order chi connectivity index (χ1) is 18.9. The standard InChI is InChI=1S/C31H45N3O5S/c1-8-9-10-11-19-34(29(36)26(20-40)33-30(37)39-31(4,5)6)27(25-14-12-13-21(2)22(25)3)28(35)32-23-15-17-24(38-7)18-16-23/h12-18,26-27,40H,8-11,19-20H2,1-7H3,(H,32,35)(H,33,37). The molecule has 0 radical (unpaired) electrons. The van der Waals surface area contributed by atoms with Gasteiger partial charge in [-0.15, -0.1) is 0 Å². The lowest BCUT2D eigenvalue weighted by Crippen LogP contribution is -2.53. The number of hydrogen-bond acceptors (Lipinski definition) is 6. The molecule has 9 heteroatoms. The maximum atomic E-state index is 14.1. The molecule has 0 saturated carbocycles.